The molecule has 0 bridgehead atoms. The lowest BCUT2D eigenvalue weighted by Gasteiger charge is -2.16. The topological polar surface area (TPSA) is 69.4 Å². The van der Waals surface area contributed by atoms with E-state index < -0.39 is 0 Å². The summed E-state index contributed by atoms with van der Waals surface area (Å²) in [5.41, 5.74) is 2.85. The summed E-state index contributed by atoms with van der Waals surface area (Å²) in [7, 11) is 3.24. The van der Waals surface area contributed by atoms with Gasteiger partial charge in [0.15, 0.2) is 11.5 Å². The fraction of sp³-hybridized carbons (Fsp3) is 0.263. The Morgan fingerprint density at radius 2 is 1.68 bits per heavy atom. The molecule has 0 spiro atoms. The minimum absolute atomic E-state index is 0.151. The molecule has 1 heterocycles. The predicted octanol–water partition coefficient (Wildman–Crippen LogP) is 4.24. The van der Waals surface area contributed by atoms with E-state index in [-0.39, 0.29) is 6.04 Å². The molecule has 0 aliphatic heterocycles. The zero-order chi connectivity index (χ0) is 17.8. The first-order valence-electron chi connectivity index (χ1n) is 8.00. The van der Waals surface area contributed by atoms with Crippen molar-refractivity contribution < 1.29 is 13.9 Å². The van der Waals surface area contributed by atoms with Crippen LogP contribution in [0.3, 0.4) is 0 Å². The van der Waals surface area contributed by atoms with E-state index in [2.05, 4.69) is 15.5 Å². The molecule has 1 atom stereocenters. The normalized spacial score (nSPS) is 11.8. The van der Waals surface area contributed by atoms with E-state index in [1.807, 2.05) is 56.3 Å². The summed E-state index contributed by atoms with van der Waals surface area (Å²) in [6.07, 6.45) is 0. The van der Waals surface area contributed by atoms with Crippen molar-refractivity contribution in [3.63, 3.8) is 0 Å². The van der Waals surface area contributed by atoms with Gasteiger partial charge in [0.1, 0.15) is 6.04 Å². The highest BCUT2D eigenvalue weighted by molar-refractivity contribution is 5.60. The zero-order valence-corrected chi connectivity index (χ0v) is 14.7. The van der Waals surface area contributed by atoms with Gasteiger partial charge in [-0.15, -0.1) is 10.2 Å². The Labute approximate surface area is 146 Å². The predicted molar refractivity (Wildman–Crippen MR) is 96.1 cm³/mol. The molecule has 25 heavy (non-hydrogen) atoms. The van der Waals surface area contributed by atoms with Crippen molar-refractivity contribution in [2.24, 2.45) is 0 Å². The van der Waals surface area contributed by atoms with Crippen LogP contribution in [0.4, 0.5) is 5.69 Å². The first-order valence-corrected chi connectivity index (χ1v) is 8.00. The number of aryl methyl sites for hydroxylation is 1. The molecule has 1 unspecified atom stereocenters. The summed E-state index contributed by atoms with van der Waals surface area (Å²) in [6.45, 7) is 3.97. The Morgan fingerprint density at radius 3 is 2.36 bits per heavy atom. The number of rotatable bonds is 6. The smallest absolute Gasteiger partial charge is 0.247 e. The van der Waals surface area contributed by atoms with Crippen LogP contribution in [0.1, 0.15) is 24.4 Å². The largest absolute Gasteiger partial charge is 0.493 e. The molecule has 6 nitrogen and oxygen atoms in total. The van der Waals surface area contributed by atoms with Crippen molar-refractivity contribution in [2.75, 3.05) is 19.5 Å². The molecule has 0 aliphatic rings. The standard InChI is InChI=1S/C19H21N3O3/c1-12-10-16(23-3)17(24-4)11-15(12)20-13(2)18-21-22-19(25-18)14-8-6-5-7-9-14/h5-11,13,20H,1-4H3. The SMILES string of the molecule is COc1cc(C)c(NC(C)c2nnc(-c3ccccc3)o2)cc1OC. The maximum atomic E-state index is 5.80. The number of methoxy groups -OCH3 is 2. The highest BCUT2D eigenvalue weighted by Crippen LogP contribution is 2.34. The Bertz CT molecular complexity index is 846. The molecule has 0 radical (unpaired) electrons. The quantitative estimate of drug-likeness (QED) is 0.724. The number of nitrogens with zero attached hydrogens (tertiary/aromatic N) is 2. The second-order valence-corrected chi connectivity index (χ2v) is 5.70. The van der Waals surface area contributed by atoms with E-state index in [4.69, 9.17) is 13.9 Å². The minimum atomic E-state index is -0.151. The average molecular weight is 339 g/mol. The maximum Gasteiger partial charge on any atom is 0.247 e. The first-order chi connectivity index (χ1) is 12.1. The molecule has 6 heteroatoms. The fourth-order valence-corrected chi connectivity index (χ4v) is 2.54. The second kappa shape index (κ2) is 7.25. The first kappa shape index (κ1) is 16.8. The highest BCUT2D eigenvalue weighted by atomic mass is 16.5. The molecule has 3 rings (SSSR count). The van der Waals surface area contributed by atoms with E-state index in [0.717, 1.165) is 16.8 Å². The third-order valence-corrected chi connectivity index (χ3v) is 3.93. The van der Waals surface area contributed by atoms with E-state index in [1.54, 1.807) is 14.2 Å². The molecule has 0 fully saturated rings. The van der Waals surface area contributed by atoms with Crippen molar-refractivity contribution in [1.29, 1.82) is 0 Å². The van der Waals surface area contributed by atoms with Crippen molar-refractivity contribution in [3.8, 4) is 23.0 Å². The van der Waals surface area contributed by atoms with Crippen molar-refractivity contribution in [1.82, 2.24) is 10.2 Å². The Kier molecular flexibility index (Phi) is 4.88. The van der Waals surface area contributed by atoms with E-state index >= 15 is 0 Å². The van der Waals surface area contributed by atoms with E-state index in [9.17, 15) is 0 Å². The number of anilines is 1. The van der Waals surface area contributed by atoms with Crippen LogP contribution in [0.5, 0.6) is 11.5 Å². The van der Waals surface area contributed by atoms with E-state index in [1.165, 1.54) is 0 Å². The lowest BCUT2D eigenvalue weighted by molar-refractivity contribution is 0.355. The molecular weight excluding hydrogens is 318 g/mol. The van der Waals surface area contributed by atoms with Crippen molar-refractivity contribution in [3.05, 3.63) is 53.9 Å². The molecular formula is C19H21N3O3. The van der Waals surface area contributed by atoms with Gasteiger partial charge in [0.2, 0.25) is 11.8 Å². The summed E-state index contributed by atoms with van der Waals surface area (Å²) in [5, 5.41) is 11.7. The Hall–Kier alpha value is -3.02. The van der Waals surface area contributed by atoms with Gasteiger partial charge in [-0.3, -0.25) is 0 Å². The van der Waals surface area contributed by atoms with Crippen LogP contribution in [-0.4, -0.2) is 24.4 Å². The van der Waals surface area contributed by atoms with Crippen LogP contribution >= 0.6 is 0 Å². The van der Waals surface area contributed by atoms with Gasteiger partial charge < -0.3 is 19.2 Å². The van der Waals surface area contributed by atoms with Gasteiger partial charge in [-0.25, -0.2) is 0 Å². The number of aromatic nitrogens is 2. The summed E-state index contributed by atoms with van der Waals surface area (Å²) in [5.74, 6) is 2.39. The number of hydrogen-bond donors (Lipinski definition) is 1. The lowest BCUT2D eigenvalue weighted by Crippen LogP contribution is -2.08. The zero-order valence-electron chi connectivity index (χ0n) is 14.7. The van der Waals surface area contributed by atoms with Gasteiger partial charge in [0.05, 0.1) is 14.2 Å². The fourth-order valence-electron chi connectivity index (χ4n) is 2.54. The van der Waals surface area contributed by atoms with Crippen LogP contribution in [-0.2, 0) is 0 Å². The van der Waals surface area contributed by atoms with Gasteiger partial charge in [-0.05, 0) is 37.6 Å². The molecule has 130 valence electrons. The molecule has 1 aromatic heterocycles. The molecule has 1 N–H and O–H groups in total. The summed E-state index contributed by atoms with van der Waals surface area (Å²) < 4.78 is 16.5. The van der Waals surface area contributed by atoms with Crippen LogP contribution < -0.4 is 14.8 Å². The number of benzene rings is 2. The third kappa shape index (κ3) is 3.57. The van der Waals surface area contributed by atoms with Crippen LogP contribution in [0, 0.1) is 6.92 Å². The summed E-state index contributed by atoms with van der Waals surface area (Å²) in [4.78, 5) is 0. The average Bonchev–Trinajstić information content (AvgIpc) is 3.14. The number of hydrogen-bond acceptors (Lipinski definition) is 6. The lowest BCUT2D eigenvalue weighted by atomic mass is 10.1. The van der Waals surface area contributed by atoms with Crippen LogP contribution in [0.25, 0.3) is 11.5 Å². The van der Waals surface area contributed by atoms with E-state index in [0.29, 0.717) is 23.3 Å². The number of ether oxygens (including phenoxy) is 2. The van der Waals surface area contributed by atoms with Crippen LogP contribution in [0.15, 0.2) is 46.9 Å². The molecule has 3 aromatic rings. The summed E-state index contributed by atoms with van der Waals surface area (Å²) in [6, 6.07) is 13.4. The summed E-state index contributed by atoms with van der Waals surface area (Å²) >= 11 is 0. The molecule has 0 amide bonds. The molecule has 0 aliphatic carbocycles. The molecule has 0 saturated carbocycles. The highest BCUT2D eigenvalue weighted by Gasteiger charge is 2.17. The van der Waals surface area contributed by atoms with Gasteiger partial charge in [-0.2, -0.15) is 0 Å². The third-order valence-electron chi connectivity index (χ3n) is 3.93. The number of nitrogens with one attached hydrogen (secondary N) is 1. The van der Waals surface area contributed by atoms with Gasteiger partial charge >= 0.3 is 0 Å². The van der Waals surface area contributed by atoms with Crippen molar-refractivity contribution >= 4 is 5.69 Å². The maximum absolute atomic E-state index is 5.80. The second-order valence-electron chi connectivity index (χ2n) is 5.70. The van der Waals surface area contributed by atoms with Gasteiger partial charge in [-0.1, -0.05) is 18.2 Å². The minimum Gasteiger partial charge on any atom is -0.493 e. The molecule has 2 aromatic carbocycles. The Morgan fingerprint density at radius 1 is 1.00 bits per heavy atom. The Balaban J connectivity index is 1.81. The van der Waals surface area contributed by atoms with Crippen molar-refractivity contribution in [2.45, 2.75) is 19.9 Å². The van der Waals surface area contributed by atoms with Gasteiger partial charge in [0.25, 0.3) is 0 Å². The monoisotopic (exact) mass is 339 g/mol. The van der Waals surface area contributed by atoms with Crippen LogP contribution in [0.2, 0.25) is 0 Å². The molecule has 0 saturated heterocycles. The van der Waals surface area contributed by atoms with Gasteiger partial charge in [0, 0.05) is 17.3 Å².